The van der Waals surface area contributed by atoms with E-state index in [2.05, 4.69) is 20.5 Å². The lowest BCUT2D eigenvalue weighted by molar-refractivity contribution is 0.281. The highest BCUT2D eigenvalue weighted by atomic mass is 16.3. The minimum atomic E-state index is -0.00605. The fraction of sp³-hybridized carbons (Fsp3) is 0.429. The smallest absolute Gasteiger partial charge is 0.196 e. The maximum atomic E-state index is 8.82. The van der Waals surface area contributed by atoms with Crippen molar-refractivity contribution >= 4 is 0 Å². The van der Waals surface area contributed by atoms with Crippen LogP contribution in [0, 0.1) is 0 Å². The molecule has 2 heterocycles. The second-order valence-electron chi connectivity index (χ2n) is 2.90. The number of rotatable bonds is 3. The average molecular weight is 194 g/mol. The molecule has 74 valence electrons. The number of hydrogen-bond donors (Lipinski definition) is 1. The quantitative estimate of drug-likeness (QED) is 0.674. The zero-order valence-electron chi connectivity index (χ0n) is 7.70. The summed E-state index contributed by atoms with van der Waals surface area (Å²) in [6.45, 7) is 0.460. The van der Waals surface area contributed by atoms with E-state index in [9.17, 15) is 0 Å². The molecular formula is C7H10N6O. The molecule has 0 fully saturated rings. The Labute approximate surface area is 80.0 Å². The average Bonchev–Trinajstić information content (AvgIpc) is 2.76. The molecule has 2 aromatic heterocycles. The van der Waals surface area contributed by atoms with Crippen molar-refractivity contribution in [3.8, 4) is 0 Å². The van der Waals surface area contributed by atoms with Gasteiger partial charge >= 0.3 is 0 Å². The molecule has 0 amide bonds. The molecule has 1 N–H and O–H groups in total. The van der Waals surface area contributed by atoms with Gasteiger partial charge in [-0.15, -0.1) is 10.2 Å². The van der Waals surface area contributed by atoms with Crippen LogP contribution in [-0.4, -0.2) is 35.1 Å². The zero-order chi connectivity index (χ0) is 9.97. The number of aromatic nitrogens is 6. The first-order valence-electron chi connectivity index (χ1n) is 4.13. The molecule has 7 nitrogen and oxygen atoms in total. The van der Waals surface area contributed by atoms with Crippen LogP contribution >= 0.6 is 0 Å². The van der Waals surface area contributed by atoms with Crippen LogP contribution in [-0.2, 0) is 20.2 Å². The molecule has 2 rings (SSSR count). The molecule has 0 aliphatic rings. The Balaban J connectivity index is 2.10. The first-order valence-corrected chi connectivity index (χ1v) is 4.13. The number of aryl methyl sites for hydroxylation is 1. The third-order valence-corrected chi connectivity index (χ3v) is 1.72. The first-order chi connectivity index (χ1) is 6.78. The maximum Gasteiger partial charge on any atom is 0.196 e. The second-order valence-corrected chi connectivity index (χ2v) is 2.90. The summed E-state index contributed by atoms with van der Waals surface area (Å²) in [5, 5.41) is 24.4. The van der Waals surface area contributed by atoms with Crippen molar-refractivity contribution in [3.63, 3.8) is 0 Å². The zero-order valence-corrected chi connectivity index (χ0v) is 7.70. The van der Waals surface area contributed by atoms with Crippen LogP contribution < -0.4 is 0 Å². The van der Waals surface area contributed by atoms with Gasteiger partial charge in [-0.05, 0) is 5.21 Å². The fourth-order valence-electron chi connectivity index (χ4n) is 1.11. The van der Waals surface area contributed by atoms with Gasteiger partial charge in [0.1, 0.15) is 6.54 Å². The lowest BCUT2D eigenvalue weighted by Gasteiger charge is -1.93. The minimum Gasteiger partial charge on any atom is -0.392 e. The van der Waals surface area contributed by atoms with Gasteiger partial charge in [-0.25, -0.2) is 0 Å². The normalized spacial score (nSPS) is 10.7. The maximum absolute atomic E-state index is 8.82. The molecule has 2 aromatic rings. The summed E-state index contributed by atoms with van der Waals surface area (Å²) in [5.74, 6) is 0.597. The van der Waals surface area contributed by atoms with E-state index in [1.807, 2.05) is 0 Å². The minimum absolute atomic E-state index is 0.00605. The summed E-state index contributed by atoms with van der Waals surface area (Å²) in [7, 11) is 1.71. The van der Waals surface area contributed by atoms with E-state index in [0.29, 0.717) is 12.4 Å². The Morgan fingerprint density at radius 1 is 1.50 bits per heavy atom. The number of aliphatic hydroxyl groups is 1. The van der Waals surface area contributed by atoms with Gasteiger partial charge in [-0.2, -0.15) is 9.90 Å². The predicted octanol–water partition coefficient (Wildman–Crippen LogP) is -1.05. The van der Waals surface area contributed by atoms with Crippen molar-refractivity contribution in [2.75, 3.05) is 0 Å². The van der Waals surface area contributed by atoms with Crippen LogP contribution in [0.4, 0.5) is 0 Å². The molecule has 0 bridgehead atoms. The van der Waals surface area contributed by atoms with Crippen molar-refractivity contribution in [2.45, 2.75) is 13.2 Å². The van der Waals surface area contributed by atoms with Crippen molar-refractivity contribution in [3.05, 3.63) is 23.8 Å². The van der Waals surface area contributed by atoms with Gasteiger partial charge in [0.15, 0.2) is 5.82 Å². The monoisotopic (exact) mass is 194 g/mol. The number of tetrazole rings is 1. The highest BCUT2D eigenvalue weighted by molar-refractivity contribution is 5.02. The van der Waals surface area contributed by atoms with Gasteiger partial charge in [-0.3, -0.25) is 4.68 Å². The van der Waals surface area contributed by atoms with Gasteiger partial charge in [0.2, 0.25) is 0 Å². The van der Waals surface area contributed by atoms with Crippen molar-refractivity contribution in [2.24, 2.45) is 7.05 Å². The highest BCUT2D eigenvalue weighted by Gasteiger charge is 2.02. The SMILES string of the molecule is Cn1nnc(Cn2cc(CO)cn2)n1. The molecule has 0 spiro atoms. The van der Waals surface area contributed by atoms with Crippen LogP contribution in [0.25, 0.3) is 0 Å². The summed E-state index contributed by atoms with van der Waals surface area (Å²) >= 11 is 0. The van der Waals surface area contributed by atoms with Crippen LogP contribution in [0.15, 0.2) is 12.4 Å². The molecule has 0 atom stereocenters. The van der Waals surface area contributed by atoms with Gasteiger partial charge in [0.25, 0.3) is 0 Å². The van der Waals surface area contributed by atoms with Gasteiger partial charge < -0.3 is 5.11 Å². The molecule has 14 heavy (non-hydrogen) atoms. The molecule has 0 radical (unpaired) electrons. The van der Waals surface area contributed by atoms with Crippen molar-refractivity contribution in [1.29, 1.82) is 0 Å². The largest absolute Gasteiger partial charge is 0.392 e. The van der Waals surface area contributed by atoms with Gasteiger partial charge in [-0.1, -0.05) is 0 Å². The van der Waals surface area contributed by atoms with Gasteiger partial charge in [0.05, 0.1) is 19.9 Å². The standard InChI is InChI=1S/C7H10N6O/c1-12-10-7(9-11-12)4-13-3-6(5-14)2-8-13/h2-3,14H,4-5H2,1H3. The van der Waals surface area contributed by atoms with Gasteiger partial charge in [0, 0.05) is 11.8 Å². The third kappa shape index (κ3) is 1.77. The van der Waals surface area contributed by atoms with E-state index >= 15 is 0 Å². The third-order valence-electron chi connectivity index (χ3n) is 1.72. The van der Waals surface area contributed by atoms with E-state index in [1.165, 1.54) is 4.80 Å². The second kappa shape index (κ2) is 3.54. The van der Waals surface area contributed by atoms with E-state index in [4.69, 9.17) is 5.11 Å². The van der Waals surface area contributed by atoms with Crippen molar-refractivity contribution in [1.82, 2.24) is 30.0 Å². The molecule has 0 aliphatic heterocycles. The van der Waals surface area contributed by atoms with E-state index in [1.54, 1.807) is 24.1 Å². The Bertz CT molecular complexity index is 419. The molecule has 0 aromatic carbocycles. The Kier molecular flexibility index (Phi) is 2.23. The van der Waals surface area contributed by atoms with Crippen molar-refractivity contribution < 1.29 is 5.11 Å². The molecule has 0 saturated heterocycles. The topological polar surface area (TPSA) is 81.7 Å². The van der Waals surface area contributed by atoms with Crippen LogP contribution in [0.5, 0.6) is 0 Å². The number of nitrogens with zero attached hydrogens (tertiary/aromatic N) is 6. The predicted molar refractivity (Wildman–Crippen MR) is 46.0 cm³/mol. The Morgan fingerprint density at radius 3 is 2.93 bits per heavy atom. The molecule has 0 saturated carbocycles. The first kappa shape index (κ1) is 8.82. The Hall–Kier alpha value is -1.76. The lowest BCUT2D eigenvalue weighted by atomic mass is 10.4. The number of hydrogen-bond acceptors (Lipinski definition) is 5. The van der Waals surface area contributed by atoms with E-state index < -0.39 is 0 Å². The van der Waals surface area contributed by atoms with Crippen LogP contribution in [0.3, 0.4) is 0 Å². The summed E-state index contributed by atoms with van der Waals surface area (Å²) in [4.78, 5) is 1.39. The molecular weight excluding hydrogens is 184 g/mol. The molecule has 0 aliphatic carbocycles. The summed E-state index contributed by atoms with van der Waals surface area (Å²) < 4.78 is 1.66. The summed E-state index contributed by atoms with van der Waals surface area (Å²) in [6, 6.07) is 0. The summed E-state index contributed by atoms with van der Waals surface area (Å²) in [5.41, 5.74) is 0.772. The van der Waals surface area contributed by atoms with E-state index in [0.717, 1.165) is 5.56 Å². The summed E-state index contributed by atoms with van der Waals surface area (Å²) in [6.07, 6.45) is 3.35. The molecule has 7 heteroatoms. The Morgan fingerprint density at radius 2 is 2.36 bits per heavy atom. The van der Waals surface area contributed by atoms with Crippen LogP contribution in [0.2, 0.25) is 0 Å². The lowest BCUT2D eigenvalue weighted by Crippen LogP contribution is -2.02. The van der Waals surface area contributed by atoms with E-state index in [-0.39, 0.29) is 6.61 Å². The highest BCUT2D eigenvalue weighted by Crippen LogP contribution is 1.98. The van der Waals surface area contributed by atoms with Crippen LogP contribution in [0.1, 0.15) is 11.4 Å². The number of aliphatic hydroxyl groups excluding tert-OH is 1. The molecule has 0 unspecified atom stereocenters. The fourth-order valence-corrected chi connectivity index (χ4v) is 1.11.